The molecule has 2 N–H and O–H groups in total. The third-order valence-electron chi connectivity index (χ3n) is 6.01. The van der Waals surface area contributed by atoms with Crippen LogP contribution in [0.4, 0.5) is 19.1 Å². The number of imidazole rings is 1. The maximum absolute atomic E-state index is 14.6. The molecule has 0 unspecified atom stereocenters. The van der Waals surface area contributed by atoms with Crippen LogP contribution in [0.5, 0.6) is 0 Å². The number of nitrogens with one attached hydrogen (secondary N) is 2. The van der Waals surface area contributed by atoms with E-state index in [4.69, 9.17) is 0 Å². The maximum atomic E-state index is 14.6. The zero-order valence-electron chi connectivity index (χ0n) is 19.9. The van der Waals surface area contributed by atoms with Gasteiger partial charge in [-0.3, -0.25) is 4.79 Å². The maximum Gasteiger partial charge on any atom is 0.256 e. The Labute approximate surface area is 202 Å². The summed E-state index contributed by atoms with van der Waals surface area (Å²) in [5.74, 6) is 0.329. The Morgan fingerprint density at radius 1 is 1.29 bits per heavy atom. The minimum absolute atomic E-state index is 0. The van der Waals surface area contributed by atoms with Crippen molar-refractivity contribution in [3.05, 3.63) is 36.2 Å². The molecular weight excluding hydrogens is 461 g/mol. The molecule has 0 radical (unpaired) electrons. The van der Waals surface area contributed by atoms with Crippen molar-refractivity contribution in [2.75, 3.05) is 12.4 Å². The molecule has 0 saturated heterocycles. The van der Waals surface area contributed by atoms with Crippen LogP contribution in [0.25, 0.3) is 27.9 Å². The molecular formula is C23H31F3N8O. The lowest BCUT2D eigenvalue weighted by atomic mass is 9.78. The number of aryl methyl sites for hydroxylation is 1. The fourth-order valence-electron chi connectivity index (χ4n) is 4.17. The van der Waals surface area contributed by atoms with Crippen LogP contribution in [0.1, 0.15) is 41.8 Å². The summed E-state index contributed by atoms with van der Waals surface area (Å²) in [6.45, 7) is 4.78. The summed E-state index contributed by atoms with van der Waals surface area (Å²) in [7, 11) is 1.66. The smallest absolute Gasteiger partial charge is 0.256 e. The fourth-order valence-corrected chi connectivity index (χ4v) is 4.17. The first-order chi connectivity index (χ1) is 16.6. The predicted octanol–water partition coefficient (Wildman–Crippen LogP) is 4.45. The van der Waals surface area contributed by atoms with Gasteiger partial charge in [0.15, 0.2) is 11.5 Å². The molecule has 1 fully saturated rings. The first-order valence-electron chi connectivity index (χ1n) is 11.2. The van der Waals surface area contributed by atoms with E-state index in [-0.39, 0.29) is 25.5 Å². The van der Waals surface area contributed by atoms with E-state index in [2.05, 4.69) is 37.6 Å². The summed E-state index contributed by atoms with van der Waals surface area (Å²) in [4.78, 5) is 23.3. The number of carbonyl (C=O) groups excluding carboxylic acids is 1. The number of amides is 1. The third kappa shape index (κ3) is 5.05. The lowest BCUT2D eigenvalue weighted by Crippen LogP contribution is -2.50. The first kappa shape index (κ1) is 24.4. The van der Waals surface area contributed by atoms with Gasteiger partial charge in [0.1, 0.15) is 11.3 Å². The van der Waals surface area contributed by atoms with Crippen LogP contribution in [0.2, 0.25) is 0 Å². The number of hydrogen-bond donors (Lipinski definition) is 2. The van der Waals surface area contributed by atoms with E-state index in [1.165, 1.54) is 27.9 Å². The highest BCUT2D eigenvalue weighted by Crippen LogP contribution is 2.31. The molecule has 0 aromatic carbocycles. The van der Waals surface area contributed by atoms with E-state index in [0.717, 1.165) is 12.8 Å². The largest absolute Gasteiger partial charge is 0.356 e. The van der Waals surface area contributed by atoms with Crippen molar-refractivity contribution in [2.24, 2.45) is 0 Å². The Bertz CT molecular complexity index is 1390. The Kier molecular flexibility index (Phi) is 6.64. The number of anilines is 1. The van der Waals surface area contributed by atoms with Gasteiger partial charge in [0, 0.05) is 22.4 Å². The number of fused-ring (bicyclic) bond motifs is 2. The lowest BCUT2D eigenvalue weighted by molar-refractivity contribution is -0.121. The van der Waals surface area contributed by atoms with E-state index in [0.29, 0.717) is 28.5 Å². The molecule has 0 spiro atoms. The highest BCUT2D eigenvalue weighted by Gasteiger charge is 2.31. The highest BCUT2D eigenvalue weighted by molar-refractivity contribution is 5.83. The normalized spacial score (nSPS) is 14.5. The molecule has 4 aromatic rings. The van der Waals surface area contributed by atoms with Gasteiger partial charge < -0.3 is 15.2 Å². The van der Waals surface area contributed by atoms with E-state index in [9.17, 15) is 18.0 Å². The van der Waals surface area contributed by atoms with Gasteiger partial charge in [0.2, 0.25) is 11.9 Å². The molecule has 5 rings (SSSR count). The molecule has 190 valence electrons. The van der Waals surface area contributed by atoms with Gasteiger partial charge in [-0.25, -0.2) is 32.6 Å². The summed E-state index contributed by atoms with van der Waals surface area (Å²) in [6.07, 6.45) is 3.71. The van der Waals surface area contributed by atoms with Crippen molar-refractivity contribution in [1.82, 2.24) is 34.4 Å². The molecule has 0 aliphatic heterocycles. The second-order valence-corrected chi connectivity index (χ2v) is 8.81. The number of nitrogens with zero attached hydrogens (tertiary/aromatic N) is 6. The van der Waals surface area contributed by atoms with Crippen LogP contribution < -0.4 is 10.6 Å². The van der Waals surface area contributed by atoms with Crippen LogP contribution in [-0.2, 0) is 11.3 Å². The van der Waals surface area contributed by atoms with E-state index in [1.807, 2.05) is 0 Å². The van der Waals surface area contributed by atoms with Gasteiger partial charge in [-0.05, 0) is 45.2 Å². The van der Waals surface area contributed by atoms with Crippen molar-refractivity contribution in [2.45, 2.75) is 58.5 Å². The molecule has 4 aromatic heterocycles. The number of alkyl halides is 2. The second-order valence-electron chi connectivity index (χ2n) is 8.81. The number of rotatable bonds is 5. The average molecular weight is 493 g/mol. The number of carbonyl (C=O) groups is 1. The van der Waals surface area contributed by atoms with Gasteiger partial charge >= 0.3 is 0 Å². The summed E-state index contributed by atoms with van der Waals surface area (Å²) < 4.78 is 43.0. The molecule has 0 bridgehead atoms. The van der Waals surface area contributed by atoms with Gasteiger partial charge in [-0.15, -0.1) is 5.10 Å². The average Bonchev–Trinajstić information content (AvgIpc) is 3.26. The number of hydrogen-bond acceptors (Lipinski definition) is 6. The van der Waals surface area contributed by atoms with E-state index >= 15 is 0 Å². The summed E-state index contributed by atoms with van der Waals surface area (Å²) in [5, 5.41) is 9.83. The van der Waals surface area contributed by atoms with Crippen LogP contribution in [0.3, 0.4) is 0 Å². The van der Waals surface area contributed by atoms with Crippen molar-refractivity contribution < 1.29 is 20.8 Å². The number of pyridine rings is 1. The standard InChI is InChI=1S/C16H14F3N7.C7H13NO.2H2/c1-8-22-11-4-3-10(23-15(11)25(8)7-13(18)19)14-9(17)6-26-12(14)5-21-16(20-2)24-26;1-6(9)8-7(2)4-3-5-7;;/h3-6,13H,7H2,1-2H3,(H,20,24);3-5H2,1-2H3,(H,8,9);2*1H. The summed E-state index contributed by atoms with van der Waals surface area (Å²) in [6, 6.07) is 3.24. The van der Waals surface area contributed by atoms with Crippen LogP contribution in [-0.4, -0.2) is 54.1 Å². The van der Waals surface area contributed by atoms with Crippen LogP contribution in [0, 0.1) is 12.7 Å². The Hall–Kier alpha value is -3.70. The molecule has 12 heteroatoms. The molecule has 4 heterocycles. The molecule has 9 nitrogen and oxygen atoms in total. The molecule has 1 aliphatic carbocycles. The molecule has 0 atom stereocenters. The van der Waals surface area contributed by atoms with Crippen molar-refractivity contribution in [3.63, 3.8) is 0 Å². The van der Waals surface area contributed by atoms with Crippen molar-refractivity contribution in [1.29, 1.82) is 0 Å². The van der Waals surface area contributed by atoms with Crippen molar-refractivity contribution >= 4 is 28.5 Å². The van der Waals surface area contributed by atoms with Crippen LogP contribution in [0.15, 0.2) is 24.5 Å². The van der Waals surface area contributed by atoms with Gasteiger partial charge in [0.05, 0.1) is 35.7 Å². The Morgan fingerprint density at radius 2 is 2.03 bits per heavy atom. The number of halogens is 3. The minimum atomic E-state index is -2.54. The Morgan fingerprint density at radius 3 is 2.60 bits per heavy atom. The van der Waals surface area contributed by atoms with Crippen LogP contribution >= 0.6 is 0 Å². The minimum Gasteiger partial charge on any atom is -0.356 e. The number of aromatic nitrogens is 6. The zero-order valence-corrected chi connectivity index (χ0v) is 19.9. The summed E-state index contributed by atoms with van der Waals surface area (Å²) >= 11 is 0. The molecule has 1 amide bonds. The predicted molar refractivity (Wildman–Crippen MR) is 130 cm³/mol. The fraction of sp³-hybridized carbons (Fsp3) is 0.435. The Balaban J connectivity index is 0.000000375. The SMILES string of the molecule is CC(=O)NC1(C)CCC1.CNc1ncc2c(-c3ccc4nc(C)n(CC(F)F)c4n3)c(F)cn2n1.[HH].[HH]. The van der Waals surface area contributed by atoms with E-state index < -0.39 is 18.8 Å². The van der Waals surface area contributed by atoms with Gasteiger partial charge in [-0.1, -0.05) is 0 Å². The van der Waals surface area contributed by atoms with E-state index in [1.54, 1.807) is 33.0 Å². The molecule has 1 aliphatic rings. The van der Waals surface area contributed by atoms with Gasteiger partial charge in [-0.2, -0.15) is 0 Å². The molecule has 35 heavy (non-hydrogen) atoms. The first-order valence-corrected chi connectivity index (χ1v) is 11.2. The molecule has 1 saturated carbocycles. The second kappa shape index (κ2) is 9.51. The highest BCUT2D eigenvalue weighted by atomic mass is 19.3. The van der Waals surface area contributed by atoms with Crippen molar-refractivity contribution in [3.8, 4) is 11.3 Å². The van der Waals surface area contributed by atoms with Gasteiger partial charge in [0.25, 0.3) is 6.43 Å². The quantitative estimate of drug-likeness (QED) is 0.427. The zero-order chi connectivity index (χ0) is 25.3. The lowest BCUT2D eigenvalue weighted by Gasteiger charge is -2.38. The summed E-state index contributed by atoms with van der Waals surface area (Å²) in [5.41, 5.74) is 1.83. The third-order valence-corrected chi connectivity index (χ3v) is 6.01. The monoisotopic (exact) mass is 492 g/mol. The topological polar surface area (TPSA) is 102 Å².